The lowest BCUT2D eigenvalue weighted by atomic mass is 9.97. The van der Waals surface area contributed by atoms with E-state index in [0.717, 1.165) is 55.8 Å². The first-order valence-electron chi connectivity index (χ1n) is 9.50. The van der Waals surface area contributed by atoms with E-state index in [9.17, 15) is 0 Å². The summed E-state index contributed by atoms with van der Waals surface area (Å²) < 4.78 is 5.83. The molecule has 0 spiro atoms. The number of piperidine rings is 1. The first-order chi connectivity index (χ1) is 12.8. The van der Waals surface area contributed by atoms with Crippen LogP contribution in [0.5, 0.6) is 0 Å². The molecular weight excluding hydrogens is 326 g/mol. The van der Waals surface area contributed by atoms with Gasteiger partial charge in [0.1, 0.15) is 5.82 Å². The van der Waals surface area contributed by atoms with E-state index in [0.29, 0.717) is 11.8 Å². The number of benzene rings is 1. The van der Waals surface area contributed by atoms with Crippen molar-refractivity contribution < 1.29 is 4.42 Å². The van der Waals surface area contributed by atoms with Gasteiger partial charge < -0.3 is 9.40 Å². The van der Waals surface area contributed by atoms with Crippen molar-refractivity contribution in [2.75, 3.05) is 13.1 Å². The van der Waals surface area contributed by atoms with Crippen molar-refractivity contribution in [2.45, 2.75) is 44.1 Å². The summed E-state index contributed by atoms with van der Waals surface area (Å²) in [7, 11) is 0. The summed E-state index contributed by atoms with van der Waals surface area (Å²) in [6, 6.07) is 10.4. The topological polar surface area (TPSA) is 70.8 Å². The molecule has 1 aliphatic carbocycles. The summed E-state index contributed by atoms with van der Waals surface area (Å²) in [6.07, 6.45) is 6.65. The molecule has 1 unspecified atom stereocenters. The highest BCUT2D eigenvalue weighted by molar-refractivity contribution is 5.58. The maximum atomic E-state index is 5.83. The fraction of sp³-hybridized carbons (Fsp3) is 0.450. The van der Waals surface area contributed by atoms with Crippen LogP contribution < -0.4 is 0 Å². The minimum atomic E-state index is 0.423. The fourth-order valence-electron chi connectivity index (χ4n) is 3.75. The van der Waals surface area contributed by atoms with Crippen LogP contribution in [-0.2, 0) is 6.54 Å². The Morgan fingerprint density at radius 1 is 1.08 bits per heavy atom. The molecule has 1 atom stereocenters. The molecule has 3 aromatic rings. The average Bonchev–Trinajstić information content (AvgIpc) is 3.23. The van der Waals surface area contributed by atoms with Crippen molar-refractivity contribution in [2.24, 2.45) is 0 Å². The van der Waals surface area contributed by atoms with E-state index in [1.54, 1.807) is 0 Å². The van der Waals surface area contributed by atoms with Crippen LogP contribution in [0, 0.1) is 0 Å². The van der Waals surface area contributed by atoms with Gasteiger partial charge in [-0.25, -0.2) is 4.98 Å². The molecule has 0 bridgehead atoms. The van der Waals surface area contributed by atoms with E-state index >= 15 is 0 Å². The molecule has 26 heavy (non-hydrogen) atoms. The third kappa shape index (κ3) is 3.29. The third-order valence-corrected chi connectivity index (χ3v) is 5.34. The summed E-state index contributed by atoms with van der Waals surface area (Å²) in [6.45, 7) is 2.79. The van der Waals surface area contributed by atoms with E-state index in [2.05, 4.69) is 49.3 Å². The van der Waals surface area contributed by atoms with Crippen molar-refractivity contribution in [3.05, 3.63) is 54.1 Å². The normalized spacial score (nSPS) is 21.2. The summed E-state index contributed by atoms with van der Waals surface area (Å²) in [5, 5.41) is 8.43. The average molecular weight is 349 g/mol. The molecule has 2 aliphatic rings. The zero-order valence-electron chi connectivity index (χ0n) is 14.8. The van der Waals surface area contributed by atoms with Crippen LogP contribution >= 0.6 is 0 Å². The summed E-state index contributed by atoms with van der Waals surface area (Å²) >= 11 is 0. The SMILES string of the molecule is c1ccc(-c2cnc(C3CCCN(Cc4nnc(C5CC5)o4)C3)[nH]2)cc1. The first-order valence-corrected chi connectivity index (χ1v) is 9.50. The number of rotatable bonds is 5. The Labute approximate surface area is 152 Å². The molecule has 1 N–H and O–H groups in total. The molecule has 2 fully saturated rings. The van der Waals surface area contributed by atoms with Crippen molar-refractivity contribution in [1.29, 1.82) is 0 Å². The van der Waals surface area contributed by atoms with Gasteiger partial charge in [-0.05, 0) is 37.8 Å². The first kappa shape index (κ1) is 15.8. The van der Waals surface area contributed by atoms with Crippen LogP contribution in [0.25, 0.3) is 11.3 Å². The number of likely N-dealkylation sites (tertiary alicyclic amines) is 1. The van der Waals surface area contributed by atoms with E-state index in [1.165, 1.54) is 18.4 Å². The van der Waals surface area contributed by atoms with Gasteiger partial charge in [0.15, 0.2) is 0 Å². The lowest BCUT2D eigenvalue weighted by Gasteiger charge is -2.30. The number of aromatic nitrogens is 4. The number of hydrogen-bond donors (Lipinski definition) is 1. The molecule has 5 rings (SSSR count). The maximum absolute atomic E-state index is 5.83. The Morgan fingerprint density at radius 2 is 1.96 bits per heavy atom. The molecule has 1 aromatic carbocycles. The predicted molar refractivity (Wildman–Crippen MR) is 97.5 cm³/mol. The Hall–Kier alpha value is -2.47. The highest BCUT2D eigenvalue weighted by Gasteiger charge is 2.30. The number of imidazole rings is 1. The monoisotopic (exact) mass is 349 g/mol. The summed E-state index contributed by atoms with van der Waals surface area (Å²) in [4.78, 5) is 10.6. The minimum Gasteiger partial charge on any atom is -0.424 e. The lowest BCUT2D eigenvalue weighted by Crippen LogP contribution is -2.34. The molecule has 1 saturated heterocycles. The molecule has 0 amide bonds. The second-order valence-corrected chi connectivity index (χ2v) is 7.43. The van der Waals surface area contributed by atoms with Gasteiger partial charge >= 0.3 is 0 Å². The molecule has 6 nitrogen and oxygen atoms in total. The van der Waals surface area contributed by atoms with Crippen LogP contribution in [0.4, 0.5) is 0 Å². The van der Waals surface area contributed by atoms with Crippen LogP contribution in [0.15, 0.2) is 40.9 Å². The maximum Gasteiger partial charge on any atom is 0.230 e. The van der Waals surface area contributed by atoms with Gasteiger partial charge in [-0.2, -0.15) is 0 Å². The Morgan fingerprint density at radius 3 is 2.81 bits per heavy atom. The number of aromatic amines is 1. The Bertz CT molecular complexity index is 867. The quantitative estimate of drug-likeness (QED) is 0.760. The molecule has 2 aromatic heterocycles. The zero-order chi connectivity index (χ0) is 17.3. The van der Waals surface area contributed by atoms with E-state index in [-0.39, 0.29) is 0 Å². The van der Waals surface area contributed by atoms with Crippen molar-refractivity contribution in [3.8, 4) is 11.3 Å². The standard InChI is InChI=1S/C20H23N5O/c1-2-5-14(6-3-1)17-11-21-19(22-17)16-7-4-10-25(12-16)13-18-23-24-20(26-18)15-8-9-15/h1-3,5-6,11,15-16H,4,7-10,12-13H2,(H,21,22). The van der Waals surface area contributed by atoms with Gasteiger partial charge in [-0.3, -0.25) is 4.90 Å². The van der Waals surface area contributed by atoms with Gasteiger partial charge in [-0.15, -0.1) is 10.2 Å². The molecule has 1 saturated carbocycles. The summed E-state index contributed by atoms with van der Waals surface area (Å²) in [5.41, 5.74) is 2.26. The molecule has 6 heteroatoms. The van der Waals surface area contributed by atoms with Crippen LogP contribution in [0.1, 0.15) is 55.1 Å². The van der Waals surface area contributed by atoms with Crippen molar-refractivity contribution >= 4 is 0 Å². The van der Waals surface area contributed by atoms with E-state index < -0.39 is 0 Å². The smallest absolute Gasteiger partial charge is 0.230 e. The van der Waals surface area contributed by atoms with E-state index in [4.69, 9.17) is 4.42 Å². The second kappa shape index (κ2) is 6.68. The van der Waals surface area contributed by atoms with Gasteiger partial charge in [0.2, 0.25) is 11.8 Å². The third-order valence-electron chi connectivity index (χ3n) is 5.34. The van der Waals surface area contributed by atoms with Crippen LogP contribution in [-0.4, -0.2) is 38.2 Å². The number of nitrogens with zero attached hydrogens (tertiary/aromatic N) is 4. The summed E-state index contributed by atoms with van der Waals surface area (Å²) in [5.74, 6) is 3.60. The molecular formula is C20H23N5O. The van der Waals surface area contributed by atoms with Crippen molar-refractivity contribution in [3.63, 3.8) is 0 Å². The van der Waals surface area contributed by atoms with Crippen molar-refractivity contribution in [1.82, 2.24) is 25.1 Å². The predicted octanol–water partition coefficient (Wildman–Crippen LogP) is 3.72. The zero-order valence-corrected chi connectivity index (χ0v) is 14.8. The molecule has 0 radical (unpaired) electrons. The largest absolute Gasteiger partial charge is 0.424 e. The van der Waals surface area contributed by atoms with E-state index in [1.807, 2.05) is 12.3 Å². The Balaban J connectivity index is 1.26. The number of hydrogen-bond acceptors (Lipinski definition) is 5. The highest BCUT2D eigenvalue weighted by atomic mass is 16.4. The van der Waals surface area contributed by atoms with Gasteiger partial charge in [0.05, 0.1) is 18.4 Å². The van der Waals surface area contributed by atoms with Gasteiger partial charge in [-0.1, -0.05) is 30.3 Å². The van der Waals surface area contributed by atoms with Gasteiger partial charge in [0.25, 0.3) is 0 Å². The molecule has 3 heterocycles. The lowest BCUT2D eigenvalue weighted by molar-refractivity contribution is 0.179. The van der Waals surface area contributed by atoms with Crippen LogP contribution in [0.3, 0.4) is 0 Å². The van der Waals surface area contributed by atoms with Crippen LogP contribution in [0.2, 0.25) is 0 Å². The number of H-pyrrole nitrogens is 1. The Kier molecular flexibility index (Phi) is 4.05. The fourth-order valence-corrected chi connectivity index (χ4v) is 3.75. The number of nitrogens with one attached hydrogen (secondary N) is 1. The minimum absolute atomic E-state index is 0.423. The highest BCUT2D eigenvalue weighted by Crippen LogP contribution is 2.39. The second-order valence-electron chi connectivity index (χ2n) is 7.43. The van der Waals surface area contributed by atoms with Gasteiger partial charge in [0, 0.05) is 18.4 Å². The molecule has 134 valence electrons. The molecule has 1 aliphatic heterocycles.